The Balaban J connectivity index is 1.12. The third-order valence-corrected chi connectivity index (χ3v) is 17.3. The summed E-state index contributed by atoms with van der Waals surface area (Å²) in [6.07, 6.45) is 10.8. The van der Waals surface area contributed by atoms with E-state index < -0.39 is 0 Å². The summed E-state index contributed by atoms with van der Waals surface area (Å²) in [5.41, 5.74) is 24.8. The van der Waals surface area contributed by atoms with Crippen LogP contribution in [-0.4, -0.2) is 6.71 Å². The number of rotatable bonds is 2. The predicted octanol–water partition coefficient (Wildman–Crippen LogP) is 11.9. The number of fused-ring (bicyclic) bond motifs is 22. The molecule has 0 saturated heterocycles. The maximum atomic E-state index is 2.77. The maximum Gasteiger partial charge on any atom is 0.252 e. The second-order valence-corrected chi connectivity index (χ2v) is 19.5. The fraction of sp³-hybridized carbons (Fsp3) is 0.250. The monoisotopic (exact) mass is 756 g/mol. The van der Waals surface area contributed by atoms with Gasteiger partial charge in [0.2, 0.25) is 0 Å². The quantitative estimate of drug-likeness (QED) is 0.162. The molecule has 7 aromatic rings. The Morgan fingerprint density at radius 2 is 0.983 bits per heavy atom. The predicted molar refractivity (Wildman–Crippen MR) is 244 cm³/mol. The molecule has 1 unspecified atom stereocenters. The lowest BCUT2D eigenvalue weighted by molar-refractivity contribution is 0.327. The molecule has 2 nitrogen and oxygen atoms in total. The molecule has 4 saturated carbocycles. The van der Waals surface area contributed by atoms with E-state index in [0.29, 0.717) is 5.92 Å². The van der Waals surface area contributed by atoms with Crippen LogP contribution < -0.4 is 26.2 Å². The van der Waals surface area contributed by atoms with Crippen molar-refractivity contribution in [2.45, 2.75) is 62.2 Å². The molecule has 0 radical (unpaired) electrons. The average Bonchev–Trinajstić information content (AvgIpc) is 4.17. The Morgan fingerprint density at radius 1 is 0.441 bits per heavy atom. The van der Waals surface area contributed by atoms with Crippen molar-refractivity contribution in [3.05, 3.63) is 174 Å². The highest BCUT2D eigenvalue weighted by Gasteiger charge is 2.61. The van der Waals surface area contributed by atoms with Crippen molar-refractivity contribution >= 4 is 57.2 Å². The highest BCUT2D eigenvalue weighted by molar-refractivity contribution is 7.00. The summed E-state index contributed by atoms with van der Waals surface area (Å²) in [5.74, 6) is 3.02. The molecule has 0 amide bonds. The lowest BCUT2D eigenvalue weighted by Gasteiger charge is -2.47. The zero-order chi connectivity index (χ0) is 38.2. The molecule has 4 fully saturated rings. The fourth-order valence-corrected chi connectivity index (χ4v) is 15.5. The summed E-state index contributed by atoms with van der Waals surface area (Å²) in [4.78, 5) is 5.45. The van der Waals surface area contributed by atoms with Crippen molar-refractivity contribution in [1.82, 2.24) is 0 Å². The van der Waals surface area contributed by atoms with Gasteiger partial charge in [0.25, 0.3) is 6.71 Å². The molecule has 4 bridgehead atoms. The first-order chi connectivity index (χ1) is 29.2. The highest BCUT2D eigenvalue weighted by atomic mass is 15.2. The van der Waals surface area contributed by atoms with Gasteiger partial charge in [-0.15, -0.1) is 0 Å². The van der Waals surface area contributed by atoms with E-state index >= 15 is 0 Å². The topological polar surface area (TPSA) is 6.48 Å². The van der Waals surface area contributed by atoms with Gasteiger partial charge in [0.15, 0.2) is 0 Å². The van der Waals surface area contributed by atoms with Crippen LogP contribution in [0.25, 0.3) is 22.3 Å². The van der Waals surface area contributed by atoms with Crippen LogP contribution in [-0.2, 0) is 10.8 Å². The van der Waals surface area contributed by atoms with Crippen LogP contribution in [0.15, 0.2) is 152 Å². The second kappa shape index (κ2) is 11.1. The molecule has 0 aromatic heterocycles. The highest BCUT2D eigenvalue weighted by Crippen LogP contribution is 2.70. The molecular weight excluding hydrogens is 711 g/mol. The Hall–Kier alpha value is -5.80. The molecule has 6 aliphatic carbocycles. The van der Waals surface area contributed by atoms with Crippen LogP contribution in [0.3, 0.4) is 0 Å². The molecular formula is C56H45BN2. The second-order valence-electron chi connectivity index (χ2n) is 19.5. The molecule has 7 aromatic carbocycles. The minimum Gasteiger partial charge on any atom is -0.311 e. The lowest BCUT2D eigenvalue weighted by Crippen LogP contribution is -2.61. The van der Waals surface area contributed by atoms with Gasteiger partial charge >= 0.3 is 0 Å². The first kappa shape index (κ1) is 32.1. The fourth-order valence-electron chi connectivity index (χ4n) is 15.5. The van der Waals surface area contributed by atoms with Gasteiger partial charge in [-0.05, 0) is 148 Å². The van der Waals surface area contributed by atoms with Gasteiger partial charge < -0.3 is 9.80 Å². The number of hydrogen-bond donors (Lipinski definition) is 0. The Morgan fingerprint density at radius 3 is 1.59 bits per heavy atom. The van der Waals surface area contributed by atoms with E-state index in [4.69, 9.17) is 0 Å². The van der Waals surface area contributed by atoms with Gasteiger partial charge in [0.05, 0.1) is 5.69 Å². The molecule has 15 rings (SSSR count). The zero-order valence-electron chi connectivity index (χ0n) is 33.4. The normalized spacial score (nSPS) is 27.5. The molecule has 2 spiro atoms. The lowest BCUT2D eigenvalue weighted by atomic mass is 9.33. The molecule has 2 aliphatic heterocycles. The maximum absolute atomic E-state index is 2.77. The molecule has 3 heteroatoms. The van der Waals surface area contributed by atoms with Crippen LogP contribution in [0, 0.1) is 23.7 Å². The van der Waals surface area contributed by atoms with Crippen molar-refractivity contribution in [2.75, 3.05) is 9.80 Å². The van der Waals surface area contributed by atoms with Crippen LogP contribution in [0.2, 0.25) is 0 Å². The van der Waals surface area contributed by atoms with E-state index in [1.165, 1.54) is 124 Å². The van der Waals surface area contributed by atoms with Gasteiger partial charge in [-0.1, -0.05) is 128 Å². The van der Waals surface area contributed by atoms with E-state index in [2.05, 4.69) is 161 Å². The summed E-state index contributed by atoms with van der Waals surface area (Å²) in [6, 6.07) is 59.4. The first-order valence-electron chi connectivity index (χ1n) is 22.6. The number of para-hydroxylation sites is 3. The summed E-state index contributed by atoms with van der Waals surface area (Å²) < 4.78 is 0. The molecule has 282 valence electrons. The number of nitrogens with zero attached hydrogens (tertiary/aromatic N) is 2. The summed E-state index contributed by atoms with van der Waals surface area (Å²) in [6.45, 7) is 0.0919. The van der Waals surface area contributed by atoms with Crippen molar-refractivity contribution < 1.29 is 0 Å². The Labute approximate surface area is 347 Å². The standard InChI is InChI=1S/C56H45BN2/c1-3-13-38(14-4-1)58-48-22-12-11-21-46(48)57-47-28-27-44-50(40-17-7-9-19-42(40)55(44)32-34-23-25-36(55)29-34)53(47)59(39-15-5-2-6-16-39)49-31-45-51(54(58)52(49)57)41-18-8-10-20-43(41)56(45)33-35-24-26-37(56)30-35/h1-22,27-28,31,34-37H,23-26,29-30,32-33H2/t34-,35+,36+,37?,55-,56-/m0/s1. The van der Waals surface area contributed by atoms with Crippen LogP contribution in [0.5, 0.6) is 0 Å². The SMILES string of the molecule is c1ccc(N2c3cc4c(c5c3B(c3ccccc3N5c3ccccc3)c3ccc5c(c32)-c2ccccc2[C@@]52C[C@H]3CC[C@@H]2C3)-c2ccccc2[C@@]42C[C@@H]3CCC2C3)cc1. The number of benzene rings is 7. The van der Waals surface area contributed by atoms with E-state index in [1.807, 2.05) is 0 Å². The van der Waals surface area contributed by atoms with Gasteiger partial charge in [-0.3, -0.25) is 0 Å². The van der Waals surface area contributed by atoms with Crippen LogP contribution in [0.1, 0.15) is 73.6 Å². The van der Waals surface area contributed by atoms with E-state index in [9.17, 15) is 0 Å². The molecule has 59 heavy (non-hydrogen) atoms. The smallest absolute Gasteiger partial charge is 0.252 e. The van der Waals surface area contributed by atoms with Gasteiger partial charge in [-0.2, -0.15) is 0 Å². The molecule has 8 aliphatic rings. The van der Waals surface area contributed by atoms with Crippen LogP contribution in [0.4, 0.5) is 34.1 Å². The summed E-state index contributed by atoms with van der Waals surface area (Å²) >= 11 is 0. The van der Waals surface area contributed by atoms with E-state index in [0.717, 1.165) is 17.8 Å². The third kappa shape index (κ3) is 3.71. The largest absolute Gasteiger partial charge is 0.311 e. The van der Waals surface area contributed by atoms with Crippen molar-refractivity contribution in [1.29, 1.82) is 0 Å². The number of hydrogen-bond acceptors (Lipinski definition) is 2. The average molecular weight is 757 g/mol. The van der Waals surface area contributed by atoms with Crippen LogP contribution >= 0.6 is 0 Å². The van der Waals surface area contributed by atoms with E-state index in [1.54, 1.807) is 22.3 Å². The Bertz CT molecular complexity index is 2970. The Kier molecular flexibility index (Phi) is 6.02. The minimum absolute atomic E-state index is 0.0379. The summed E-state index contributed by atoms with van der Waals surface area (Å²) in [7, 11) is 0. The minimum atomic E-state index is 0.0379. The van der Waals surface area contributed by atoms with Gasteiger partial charge in [0, 0.05) is 50.4 Å². The van der Waals surface area contributed by atoms with Gasteiger partial charge in [-0.25, -0.2) is 0 Å². The third-order valence-electron chi connectivity index (χ3n) is 17.3. The molecule has 2 heterocycles. The summed E-state index contributed by atoms with van der Waals surface area (Å²) in [5, 5.41) is 0. The van der Waals surface area contributed by atoms with Crippen molar-refractivity contribution in [3.8, 4) is 22.3 Å². The van der Waals surface area contributed by atoms with E-state index in [-0.39, 0.29) is 17.5 Å². The first-order valence-corrected chi connectivity index (χ1v) is 22.6. The number of anilines is 6. The molecule has 0 N–H and O–H groups in total. The van der Waals surface area contributed by atoms with Crippen molar-refractivity contribution in [2.24, 2.45) is 23.7 Å². The van der Waals surface area contributed by atoms with Crippen molar-refractivity contribution in [3.63, 3.8) is 0 Å². The zero-order valence-corrected chi connectivity index (χ0v) is 33.4. The molecule has 6 atom stereocenters. The van der Waals surface area contributed by atoms with Gasteiger partial charge in [0.1, 0.15) is 0 Å².